The smallest absolute Gasteiger partial charge is 0.312 e. The van der Waals surface area contributed by atoms with Crippen LogP contribution >= 0.6 is 0 Å². The zero-order valence-corrected chi connectivity index (χ0v) is 10.2. The number of esters is 2. The molecule has 3 aliphatic rings. The van der Waals surface area contributed by atoms with Crippen LogP contribution in [0.3, 0.4) is 0 Å². The van der Waals surface area contributed by atoms with Crippen molar-refractivity contribution in [1.29, 1.82) is 0 Å². The van der Waals surface area contributed by atoms with E-state index < -0.39 is 24.2 Å². The molecule has 6 heteroatoms. The van der Waals surface area contributed by atoms with Crippen LogP contribution in [-0.2, 0) is 23.8 Å². The number of hydrogen-bond donors (Lipinski definition) is 1. The van der Waals surface area contributed by atoms with E-state index in [2.05, 4.69) is 0 Å². The molecule has 3 aliphatic heterocycles. The summed E-state index contributed by atoms with van der Waals surface area (Å²) in [5.41, 5.74) is 0. The van der Waals surface area contributed by atoms with Crippen molar-refractivity contribution in [2.45, 2.75) is 50.8 Å². The maximum absolute atomic E-state index is 11.9. The Bertz CT molecular complexity index is 392. The summed E-state index contributed by atoms with van der Waals surface area (Å²) in [6, 6.07) is 0. The Labute approximate surface area is 104 Å². The van der Waals surface area contributed by atoms with E-state index in [1.54, 1.807) is 13.8 Å². The number of ether oxygens (including phenoxy) is 3. The Kier molecular flexibility index (Phi) is 2.60. The number of carbonyl (C=O) groups is 2. The van der Waals surface area contributed by atoms with E-state index in [1.165, 1.54) is 0 Å². The quantitative estimate of drug-likeness (QED) is 0.644. The third-order valence-electron chi connectivity index (χ3n) is 4.06. The second-order valence-electron chi connectivity index (χ2n) is 5.30. The minimum absolute atomic E-state index is 0.178. The van der Waals surface area contributed by atoms with Crippen molar-refractivity contribution in [1.82, 2.24) is 0 Å². The van der Waals surface area contributed by atoms with Gasteiger partial charge in [0.2, 0.25) is 0 Å². The lowest BCUT2D eigenvalue weighted by Gasteiger charge is -2.31. The highest BCUT2D eigenvalue weighted by Gasteiger charge is 2.61. The average Bonchev–Trinajstić information content (AvgIpc) is 2.78. The Balaban J connectivity index is 1.88. The van der Waals surface area contributed by atoms with Gasteiger partial charge in [-0.05, 0) is 13.8 Å². The fourth-order valence-electron chi connectivity index (χ4n) is 3.28. The molecule has 0 aliphatic carbocycles. The molecule has 18 heavy (non-hydrogen) atoms. The van der Waals surface area contributed by atoms with Gasteiger partial charge in [-0.1, -0.05) is 0 Å². The lowest BCUT2D eigenvalue weighted by molar-refractivity contribution is -0.175. The largest absolute Gasteiger partial charge is 0.460 e. The van der Waals surface area contributed by atoms with Gasteiger partial charge in [0, 0.05) is 5.92 Å². The van der Waals surface area contributed by atoms with Gasteiger partial charge in [0.25, 0.3) is 0 Å². The third-order valence-corrected chi connectivity index (χ3v) is 4.06. The minimum atomic E-state index is -0.781. The second kappa shape index (κ2) is 3.93. The van der Waals surface area contributed by atoms with E-state index in [0.29, 0.717) is 0 Å². The Morgan fingerprint density at radius 2 is 2.00 bits per heavy atom. The molecule has 6 nitrogen and oxygen atoms in total. The van der Waals surface area contributed by atoms with E-state index >= 15 is 0 Å². The summed E-state index contributed by atoms with van der Waals surface area (Å²) < 4.78 is 16.1. The van der Waals surface area contributed by atoms with Gasteiger partial charge in [0.1, 0.15) is 12.2 Å². The molecule has 0 aromatic rings. The van der Waals surface area contributed by atoms with Crippen LogP contribution in [0.2, 0.25) is 0 Å². The van der Waals surface area contributed by atoms with Crippen molar-refractivity contribution >= 4 is 11.9 Å². The SMILES string of the molecule is CC(O)C1OC(=O)C2C3CC(=O)OC(C)C3OC12. The number of rotatable bonds is 1. The molecule has 7 unspecified atom stereocenters. The maximum Gasteiger partial charge on any atom is 0.312 e. The van der Waals surface area contributed by atoms with E-state index in [9.17, 15) is 14.7 Å². The van der Waals surface area contributed by atoms with Crippen LogP contribution in [0.1, 0.15) is 20.3 Å². The van der Waals surface area contributed by atoms with Crippen molar-refractivity contribution < 1.29 is 28.9 Å². The van der Waals surface area contributed by atoms with Crippen molar-refractivity contribution in [3.8, 4) is 0 Å². The summed E-state index contributed by atoms with van der Waals surface area (Å²) in [5, 5.41) is 9.61. The molecule has 0 spiro atoms. The zero-order chi connectivity index (χ0) is 13.0. The fourth-order valence-corrected chi connectivity index (χ4v) is 3.28. The van der Waals surface area contributed by atoms with Crippen molar-refractivity contribution in [2.75, 3.05) is 0 Å². The highest BCUT2D eigenvalue weighted by Crippen LogP contribution is 2.46. The molecule has 0 aromatic carbocycles. The normalized spacial score (nSPS) is 48.2. The lowest BCUT2D eigenvalue weighted by Crippen LogP contribution is -2.42. The van der Waals surface area contributed by atoms with Gasteiger partial charge in [0.05, 0.1) is 24.5 Å². The molecule has 3 fully saturated rings. The summed E-state index contributed by atoms with van der Waals surface area (Å²) in [4.78, 5) is 23.3. The topological polar surface area (TPSA) is 82.1 Å². The van der Waals surface area contributed by atoms with Crippen LogP contribution in [0.25, 0.3) is 0 Å². The van der Waals surface area contributed by atoms with Crippen molar-refractivity contribution in [3.63, 3.8) is 0 Å². The lowest BCUT2D eigenvalue weighted by atomic mass is 9.81. The summed E-state index contributed by atoms with van der Waals surface area (Å²) in [6.07, 6.45) is -2.34. The first-order valence-electron chi connectivity index (χ1n) is 6.22. The number of aliphatic hydroxyl groups excluding tert-OH is 1. The minimum Gasteiger partial charge on any atom is -0.460 e. The summed E-state index contributed by atoms with van der Waals surface area (Å²) in [6.45, 7) is 3.33. The molecule has 0 saturated carbocycles. The van der Waals surface area contributed by atoms with Gasteiger partial charge in [-0.25, -0.2) is 0 Å². The van der Waals surface area contributed by atoms with E-state index in [-0.39, 0.29) is 36.5 Å². The number of carbonyl (C=O) groups excluding carboxylic acids is 2. The number of fused-ring (bicyclic) bond motifs is 3. The van der Waals surface area contributed by atoms with Crippen LogP contribution < -0.4 is 0 Å². The summed E-state index contributed by atoms with van der Waals surface area (Å²) in [5.74, 6) is -1.33. The first-order chi connectivity index (χ1) is 8.49. The van der Waals surface area contributed by atoms with E-state index in [0.717, 1.165) is 0 Å². The summed E-state index contributed by atoms with van der Waals surface area (Å²) >= 11 is 0. The molecule has 0 aromatic heterocycles. The van der Waals surface area contributed by atoms with Gasteiger partial charge in [-0.15, -0.1) is 0 Å². The van der Waals surface area contributed by atoms with Crippen molar-refractivity contribution in [3.05, 3.63) is 0 Å². The van der Waals surface area contributed by atoms with Crippen LogP contribution in [0.15, 0.2) is 0 Å². The number of hydrogen-bond acceptors (Lipinski definition) is 6. The van der Waals surface area contributed by atoms with Crippen LogP contribution in [0.5, 0.6) is 0 Å². The highest BCUT2D eigenvalue weighted by molar-refractivity contribution is 5.79. The monoisotopic (exact) mass is 256 g/mol. The predicted molar refractivity (Wildman–Crippen MR) is 57.4 cm³/mol. The van der Waals surface area contributed by atoms with Gasteiger partial charge in [-0.2, -0.15) is 0 Å². The molecule has 3 rings (SSSR count). The highest BCUT2D eigenvalue weighted by atomic mass is 16.6. The molecule has 3 saturated heterocycles. The first-order valence-corrected chi connectivity index (χ1v) is 6.22. The Hall–Kier alpha value is -1.14. The second-order valence-corrected chi connectivity index (χ2v) is 5.30. The average molecular weight is 256 g/mol. The first kappa shape index (κ1) is 11.9. The molecule has 0 radical (unpaired) electrons. The Morgan fingerprint density at radius 3 is 2.67 bits per heavy atom. The number of cyclic esters (lactones) is 2. The predicted octanol–water partition coefficient (Wildman–Crippen LogP) is -0.372. The molecule has 1 N–H and O–H groups in total. The van der Waals surface area contributed by atoms with Gasteiger partial charge < -0.3 is 19.3 Å². The molecule has 7 atom stereocenters. The van der Waals surface area contributed by atoms with Crippen LogP contribution in [0, 0.1) is 11.8 Å². The summed E-state index contributed by atoms with van der Waals surface area (Å²) in [7, 11) is 0. The molecular formula is C12H16O6. The van der Waals surface area contributed by atoms with E-state index in [1.807, 2.05) is 0 Å². The molecule has 3 heterocycles. The third kappa shape index (κ3) is 1.55. The van der Waals surface area contributed by atoms with Gasteiger partial charge >= 0.3 is 11.9 Å². The van der Waals surface area contributed by atoms with Crippen LogP contribution in [-0.4, -0.2) is 47.6 Å². The van der Waals surface area contributed by atoms with Crippen LogP contribution in [0.4, 0.5) is 0 Å². The molecule has 0 amide bonds. The van der Waals surface area contributed by atoms with Crippen molar-refractivity contribution in [2.24, 2.45) is 11.8 Å². The van der Waals surface area contributed by atoms with Gasteiger partial charge in [0.15, 0.2) is 6.10 Å². The maximum atomic E-state index is 11.9. The van der Waals surface area contributed by atoms with Gasteiger partial charge in [-0.3, -0.25) is 9.59 Å². The standard InChI is InChI=1S/C12H16O6/c1-4(13)9-11-8(12(15)18-9)6-3-7(14)16-5(2)10(6)17-11/h4-6,8-11,13H,3H2,1-2H3. The number of aliphatic hydroxyl groups is 1. The fraction of sp³-hybridized carbons (Fsp3) is 0.833. The van der Waals surface area contributed by atoms with E-state index in [4.69, 9.17) is 14.2 Å². The molecular weight excluding hydrogens is 240 g/mol. The zero-order valence-electron chi connectivity index (χ0n) is 10.2. The molecule has 0 bridgehead atoms. The molecule has 100 valence electrons. The Morgan fingerprint density at radius 1 is 1.28 bits per heavy atom.